The van der Waals surface area contributed by atoms with Crippen molar-refractivity contribution in [2.24, 2.45) is 11.0 Å². The van der Waals surface area contributed by atoms with E-state index in [0.29, 0.717) is 12.0 Å². The molecule has 1 heterocycles. The smallest absolute Gasteiger partial charge is 0.184 e. The Morgan fingerprint density at radius 3 is 2.52 bits per heavy atom. The molecule has 0 aromatic carbocycles. The van der Waals surface area contributed by atoms with Gasteiger partial charge in [-0.1, -0.05) is 13.8 Å². The molecule has 0 amide bonds. The van der Waals surface area contributed by atoms with Gasteiger partial charge in [0.15, 0.2) is 8.32 Å². The van der Waals surface area contributed by atoms with Crippen molar-refractivity contribution in [3.05, 3.63) is 0 Å². The lowest BCUT2D eigenvalue weighted by Crippen LogP contribution is -2.36. The van der Waals surface area contributed by atoms with E-state index in [1.807, 2.05) is 0 Å². The van der Waals surface area contributed by atoms with Crippen molar-refractivity contribution in [2.75, 3.05) is 20.3 Å². The highest BCUT2D eigenvalue weighted by Crippen LogP contribution is 2.21. The Balaban J connectivity index is 2.63. The number of nitrogens with zero attached hydrogens (tertiary/aromatic N) is 2. The van der Waals surface area contributed by atoms with Crippen molar-refractivity contribution in [1.82, 2.24) is 5.01 Å². The first-order chi connectivity index (χ1) is 9.73. The van der Waals surface area contributed by atoms with Crippen LogP contribution in [-0.4, -0.2) is 51.4 Å². The van der Waals surface area contributed by atoms with Crippen LogP contribution >= 0.6 is 0 Å². The second-order valence-electron chi connectivity index (χ2n) is 7.47. The van der Waals surface area contributed by atoms with Crippen molar-refractivity contribution >= 4 is 14.0 Å². The van der Waals surface area contributed by atoms with Crippen LogP contribution in [0.3, 0.4) is 0 Å². The van der Waals surface area contributed by atoms with E-state index in [9.17, 15) is 0 Å². The minimum atomic E-state index is -1.51. The van der Waals surface area contributed by atoms with E-state index in [0.717, 1.165) is 19.6 Å². The van der Waals surface area contributed by atoms with E-state index >= 15 is 0 Å². The number of ether oxygens (including phenoxy) is 1. The molecular formula is C16H34N2O2Si. The third kappa shape index (κ3) is 6.93. The lowest BCUT2D eigenvalue weighted by Gasteiger charge is -2.30. The predicted octanol–water partition coefficient (Wildman–Crippen LogP) is 3.74. The summed E-state index contributed by atoms with van der Waals surface area (Å²) in [7, 11) is 0.259. The standard InChI is InChI=1S/C16H34N2O2Si/c1-13(2)16(20-21(5,6)7)11-14(3)17-18-10-8-9-15(18)12-19-4/h13,15-16H,8-12H2,1-7H3/b17-14+/t15-,16?/m0/s1. The minimum Gasteiger partial charge on any atom is -0.414 e. The molecule has 1 aliphatic rings. The monoisotopic (exact) mass is 314 g/mol. The van der Waals surface area contributed by atoms with Gasteiger partial charge in [-0.2, -0.15) is 5.10 Å². The van der Waals surface area contributed by atoms with Gasteiger partial charge < -0.3 is 9.16 Å². The van der Waals surface area contributed by atoms with Crippen LogP contribution in [-0.2, 0) is 9.16 Å². The Hall–Kier alpha value is -0.393. The summed E-state index contributed by atoms with van der Waals surface area (Å²) in [5, 5.41) is 7.05. The second kappa shape index (κ2) is 8.29. The summed E-state index contributed by atoms with van der Waals surface area (Å²) in [5.41, 5.74) is 1.18. The van der Waals surface area contributed by atoms with E-state index < -0.39 is 8.32 Å². The summed E-state index contributed by atoms with van der Waals surface area (Å²) in [6, 6.07) is 0.445. The molecule has 1 aliphatic heterocycles. The number of rotatable bonds is 8. The van der Waals surface area contributed by atoms with Crippen molar-refractivity contribution in [3.63, 3.8) is 0 Å². The van der Waals surface area contributed by atoms with Gasteiger partial charge in [0.1, 0.15) is 0 Å². The average Bonchev–Trinajstić information content (AvgIpc) is 2.74. The van der Waals surface area contributed by atoms with Gasteiger partial charge in [0, 0.05) is 25.8 Å². The van der Waals surface area contributed by atoms with Crippen LogP contribution in [0.2, 0.25) is 19.6 Å². The van der Waals surface area contributed by atoms with Crippen LogP contribution in [0.1, 0.15) is 40.0 Å². The first kappa shape index (κ1) is 18.7. The maximum atomic E-state index is 6.32. The summed E-state index contributed by atoms with van der Waals surface area (Å²) in [6.45, 7) is 15.2. The van der Waals surface area contributed by atoms with E-state index in [-0.39, 0.29) is 6.10 Å². The fourth-order valence-corrected chi connectivity index (χ4v) is 4.00. The normalized spacial score (nSPS) is 22.2. The zero-order chi connectivity index (χ0) is 16.0. The van der Waals surface area contributed by atoms with Crippen LogP contribution < -0.4 is 0 Å². The molecule has 4 nitrogen and oxygen atoms in total. The molecule has 0 saturated carbocycles. The molecule has 0 aromatic rings. The van der Waals surface area contributed by atoms with Gasteiger partial charge in [-0.15, -0.1) is 0 Å². The fourth-order valence-electron chi connectivity index (χ4n) is 2.73. The van der Waals surface area contributed by atoms with E-state index in [1.165, 1.54) is 18.6 Å². The number of hydrogen-bond acceptors (Lipinski definition) is 4. The summed E-state index contributed by atoms with van der Waals surface area (Å²) < 4.78 is 11.6. The molecule has 0 radical (unpaired) electrons. The number of hydrazone groups is 1. The van der Waals surface area contributed by atoms with E-state index in [2.05, 4.69) is 45.4 Å². The highest BCUT2D eigenvalue weighted by Gasteiger charge is 2.26. The van der Waals surface area contributed by atoms with E-state index in [1.54, 1.807) is 7.11 Å². The third-order valence-corrected chi connectivity index (χ3v) is 4.76. The van der Waals surface area contributed by atoms with E-state index in [4.69, 9.17) is 14.3 Å². The summed E-state index contributed by atoms with van der Waals surface area (Å²) in [6.07, 6.45) is 3.61. The largest absolute Gasteiger partial charge is 0.414 e. The number of methoxy groups -OCH3 is 1. The Labute approximate surface area is 132 Å². The van der Waals surface area contributed by atoms with Crippen LogP contribution in [0.25, 0.3) is 0 Å². The molecule has 1 fully saturated rings. The fraction of sp³-hybridized carbons (Fsp3) is 0.938. The van der Waals surface area contributed by atoms with Crippen LogP contribution in [0, 0.1) is 5.92 Å². The molecule has 1 unspecified atom stereocenters. The number of hydrogen-bond donors (Lipinski definition) is 0. The Kier molecular flexibility index (Phi) is 7.37. The zero-order valence-electron chi connectivity index (χ0n) is 15.0. The van der Waals surface area contributed by atoms with Gasteiger partial charge in [-0.05, 0) is 45.3 Å². The lowest BCUT2D eigenvalue weighted by atomic mass is 10.0. The van der Waals surface area contributed by atoms with Crippen molar-refractivity contribution < 1.29 is 9.16 Å². The lowest BCUT2D eigenvalue weighted by molar-refractivity contribution is 0.116. The predicted molar refractivity (Wildman–Crippen MR) is 92.4 cm³/mol. The Morgan fingerprint density at radius 1 is 1.33 bits per heavy atom. The summed E-state index contributed by atoms with van der Waals surface area (Å²) >= 11 is 0. The highest BCUT2D eigenvalue weighted by molar-refractivity contribution is 6.69. The molecule has 0 aromatic heterocycles. The topological polar surface area (TPSA) is 34.1 Å². The van der Waals surface area contributed by atoms with Crippen LogP contribution in [0.4, 0.5) is 0 Å². The molecule has 0 aliphatic carbocycles. The van der Waals surface area contributed by atoms with Gasteiger partial charge in [0.2, 0.25) is 0 Å². The Bertz CT molecular complexity index is 340. The van der Waals surface area contributed by atoms with Gasteiger partial charge in [0.25, 0.3) is 0 Å². The molecule has 5 heteroatoms. The highest BCUT2D eigenvalue weighted by atomic mass is 28.4. The minimum absolute atomic E-state index is 0.281. The summed E-state index contributed by atoms with van der Waals surface area (Å²) in [4.78, 5) is 0. The first-order valence-corrected chi connectivity index (χ1v) is 11.6. The average molecular weight is 315 g/mol. The summed E-state index contributed by atoms with van der Waals surface area (Å²) in [5.74, 6) is 0.523. The maximum Gasteiger partial charge on any atom is 0.184 e. The molecule has 0 bridgehead atoms. The quantitative estimate of drug-likeness (QED) is 0.505. The molecule has 1 rings (SSSR count). The molecule has 0 spiro atoms. The second-order valence-corrected chi connectivity index (χ2v) is 11.9. The van der Waals surface area contributed by atoms with Gasteiger partial charge in [-0.25, -0.2) is 0 Å². The van der Waals surface area contributed by atoms with Gasteiger partial charge in [-0.3, -0.25) is 5.01 Å². The van der Waals surface area contributed by atoms with Crippen molar-refractivity contribution in [2.45, 2.75) is 71.8 Å². The molecule has 21 heavy (non-hydrogen) atoms. The molecule has 124 valence electrons. The van der Waals surface area contributed by atoms with Gasteiger partial charge >= 0.3 is 0 Å². The molecular weight excluding hydrogens is 280 g/mol. The maximum absolute atomic E-state index is 6.32. The zero-order valence-corrected chi connectivity index (χ0v) is 16.0. The molecule has 1 saturated heterocycles. The third-order valence-electron chi connectivity index (χ3n) is 3.75. The SMILES string of the molecule is COC[C@@H]1CCCN1/N=C(\C)CC(O[Si](C)(C)C)C(C)C. The first-order valence-electron chi connectivity index (χ1n) is 8.20. The Morgan fingerprint density at radius 2 is 2.00 bits per heavy atom. The van der Waals surface area contributed by atoms with Crippen LogP contribution in [0.5, 0.6) is 0 Å². The van der Waals surface area contributed by atoms with Crippen molar-refractivity contribution in [1.29, 1.82) is 0 Å². The van der Waals surface area contributed by atoms with Gasteiger partial charge in [0.05, 0.1) is 18.8 Å². The van der Waals surface area contributed by atoms with Crippen molar-refractivity contribution in [3.8, 4) is 0 Å². The molecule has 0 N–H and O–H groups in total. The van der Waals surface area contributed by atoms with Crippen LogP contribution in [0.15, 0.2) is 5.10 Å². The molecule has 2 atom stereocenters.